The summed E-state index contributed by atoms with van der Waals surface area (Å²) >= 11 is 0. The maximum atomic E-state index is 3.38. The highest BCUT2D eigenvalue weighted by Gasteiger charge is 2.11. The Balaban J connectivity index is 3.47. The van der Waals surface area contributed by atoms with E-state index in [0.717, 1.165) is 12.0 Å². The van der Waals surface area contributed by atoms with Gasteiger partial charge in [0.2, 0.25) is 0 Å². The van der Waals surface area contributed by atoms with Gasteiger partial charge in [0.05, 0.1) is 0 Å². The van der Waals surface area contributed by atoms with Gasteiger partial charge in [0, 0.05) is 6.04 Å². The van der Waals surface area contributed by atoms with Crippen molar-refractivity contribution >= 4 is 0 Å². The molecule has 0 aliphatic carbocycles. The van der Waals surface area contributed by atoms with Gasteiger partial charge in [-0.2, -0.15) is 0 Å². The fourth-order valence-corrected chi connectivity index (χ4v) is 1.81. The maximum absolute atomic E-state index is 3.38. The van der Waals surface area contributed by atoms with Crippen molar-refractivity contribution in [1.29, 1.82) is 0 Å². The first kappa shape index (κ1) is 12.0. The van der Waals surface area contributed by atoms with Crippen LogP contribution in [-0.4, -0.2) is 13.1 Å². The SMILES string of the molecule is CCCCCC(C)C(CC)NC. The fourth-order valence-electron chi connectivity index (χ4n) is 1.81. The lowest BCUT2D eigenvalue weighted by Crippen LogP contribution is -2.31. The van der Waals surface area contributed by atoms with E-state index in [1.54, 1.807) is 0 Å². The zero-order valence-corrected chi connectivity index (χ0v) is 9.19. The first-order valence-electron chi connectivity index (χ1n) is 5.43. The van der Waals surface area contributed by atoms with Crippen molar-refractivity contribution in [3.05, 3.63) is 0 Å². The Morgan fingerprint density at radius 1 is 1.17 bits per heavy atom. The second kappa shape index (κ2) is 7.60. The van der Waals surface area contributed by atoms with Crippen LogP contribution in [0.15, 0.2) is 0 Å². The first-order chi connectivity index (χ1) is 5.76. The molecule has 0 spiro atoms. The third-order valence-corrected chi connectivity index (χ3v) is 2.76. The number of rotatable bonds is 7. The average Bonchev–Trinajstić information content (AvgIpc) is 2.07. The van der Waals surface area contributed by atoms with Crippen molar-refractivity contribution in [2.45, 2.75) is 58.9 Å². The van der Waals surface area contributed by atoms with Crippen molar-refractivity contribution < 1.29 is 0 Å². The molecule has 0 aromatic rings. The van der Waals surface area contributed by atoms with Crippen LogP contribution in [0.25, 0.3) is 0 Å². The Kier molecular flexibility index (Phi) is 7.58. The molecule has 0 saturated carbocycles. The van der Waals surface area contributed by atoms with Crippen LogP contribution in [0.4, 0.5) is 0 Å². The molecule has 0 aliphatic rings. The van der Waals surface area contributed by atoms with Gasteiger partial charge in [-0.25, -0.2) is 0 Å². The second-order valence-electron chi connectivity index (χ2n) is 3.78. The molecule has 12 heavy (non-hydrogen) atoms. The lowest BCUT2D eigenvalue weighted by atomic mass is 9.94. The van der Waals surface area contributed by atoms with Gasteiger partial charge in [-0.15, -0.1) is 0 Å². The number of hydrogen-bond acceptors (Lipinski definition) is 1. The van der Waals surface area contributed by atoms with Crippen LogP contribution in [0.1, 0.15) is 52.9 Å². The lowest BCUT2D eigenvalue weighted by molar-refractivity contribution is 0.357. The molecular formula is C11H25N. The third-order valence-electron chi connectivity index (χ3n) is 2.76. The number of hydrogen-bond donors (Lipinski definition) is 1. The van der Waals surface area contributed by atoms with Crippen LogP contribution in [0.5, 0.6) is 0 Å². The minimum absolute atomic E-state index is 0.724. The van der Waals surface area contributed by atoms with Crippen molar-refractivity contribution in [3.63, 3.8) is 0 Å². The van der Waals surface area contributed by atoms with Crippen LogP contribution in [0, 0.1) is 5.92 Å². The standard InChI is InChI=1S/C11H25N/c1-5-7-8-9-10(3)11(6-2)12-4/h10-12H,5-9H2,1-4H3. The molecule has 1 N–H and O–H groups in total. The van der Waals surface area contributed by atoms with E-state index < -0.39 is 0 Å². The molecule has 0 aromatic carbocycles. The zero-order valence-electron chi connectivity index (χ0n) is 9.19. The molecule has 2 atom stereocenters. The summed E-state index contributed by atoms with van der Waals surface area (Å²) in [4.78, 5) is 0. The highest BCUT2D eigenvalue weighted by atomic mass is 14.9. The molecular weight excluding hydrogens is 146 g/mol. The minimum Gasteiger partial charge on any atom is -0.317 e. The number of unbranched alkanes of at least 4 members (excludes halogenated alkanes) is 2. The quantitative estimate of drug-likeness (QED) is 0.580. The second-order valence-corrected chi connectivity index (χ2v) is 3.78. The molecule has 0 aliphatic heterocycles. The molecule has 0 rings (SSSR count). The van der Waals surface area contributed by atoms with Crippen molar-refractivity contribution in [2.24, 2.45) is 5.92 Å². The van der Waals surface area contributed by atoms with Crippen LogP contribution < -0.4 is 5.32 Å². The predicted molar refractivity (Wildman–Crippen MR) is 56.4 cm³/mol. The molecule has 0 amide bonds. The van der Waals surface area contributed by atoms with Gasteiger partial charge in [-0.05, 0) is 25.8 Å². The minimum atomic E-state index is 0.724. The van der Waals surface area contributed by atoms with Crippen molar-refractivity contribution in [2.75, 3.05) is 7.05 Å². The molecule has 0 bridgehead atoms. The fraction of sp³-hybridized carbons (Fsp3) is 1.00. The van der Waals surface area contributed by atoms with E-state index in [1.165, 1.54) is 32.1 Å². The van der Waals surface area contributed by atoms with E-state index in [4.69, 9.17) is 0 Å². The summed E-state index contributed by atoms with van der Waals surface area (Å²) in [5, 5.41) is 3.38. The Morgan fingerprint density at radius 2 is 1.83 bits per heavy atom. The lowest BCUT2D eigenvalue weighted by Gasteiger charge is -2.21. The van der Waals surface area contributed by atoms with E-state index in [9.17, 15) is 0 Å². The van der Waals surface area contributed by atoms with Crippen LogP contribution in [-0.2, 0) is 0 Å². The van der Waals surface area contributed by atoms with Gasteiger partial charge in [0.15, 0.2) is 0 Å². The summed E-state index contributed by atoms with van der Waals surface area (Å²) in [5.41, 5.74) is 0. The first-order valence-corrected chi connectivity index (χ1v) is 5.43. The molecule has 0 fully saturated rings. The topological polar surface area (TPSA) is 12.0 Å². The Bertz CT molecular complexity index is 87.0. The van der Waals surface area contributed by atoms with Crippen LogP contribution in [0.2, 0.25) is 0 Å². The van der Waals surface area contributed by atoms with E-state index in [-0.39, 0.29) is 0 Å². The molecule has 1 nitrogen and oxygen atoms in total. The Morgan fingerprint density at radius 3 is 2.25 bits per heavy atom. The van der Waals surface area contributed by atoms with Crippen molar-refractivity contribution in [3.8, 4) is 0 Å². The predicted octanol–water partition coefficient (Wildman–Crippen LogP) is 3.20. The van der Waals surface area contributed by atoms with Gasteiger partial charge in [0.1, 0.15) is 0 Å². The Hall–Kier alpha value is -0.0400. The zero-order chi connectivity index (χ0) is 9.40. The third kappa shape index (κ3) is 4.76. The van der Waals surface area contributed by atoms with Gasteiger partial charge >= 0.3 is 0 Å². The van der Waals surface area contributed by atoms with Gasteiger partial charge in [0.25, 0.3) is 0 Å². The summed E-state index contributed by atoms with van der Waals surface area (Å²) in [5.74, 6) is 0.839. The van der Waals surface area contributed by atoms with Gasteiger partial charge in [-0.3, -0.25) is 0 Å². The van der Waals surface area contributed by atoms with E-state index in [0.29, 0.717) is 0 Å². The van der Waals surface area contributed by atoms with Crippen molar-refractivity contribution in [1.82, 2.24) is 5.32 Å². The van der Waals surface area contributed by atoms with Gasteiger partial charge < -0.3 is 5.32 Å². The molecule has 1 heteroatoms. The summed E-state index contributed by atoms with van der Waals surface area (Å²) in [6.45, 7) is 6.89. The molecule has 0 aromatic heterocycles. The molecule has 2 unspecified atom stereocenters. The molecule has 0 heterocycles. The summed E-state index contributed by atoms with van der Waals surface area (Å²) in [6, 6.07) is 0.724. The normalized spacial score (nSPS) is 16.0. The van der Waals surface area contributed by atoms with Gasteiger partial charge in [-0.1, -0.05) is 40.0 Å². The Labute approximate surface area is 77.9 Å². The highest BCUT2D eigenvalue weighted by molar-refractivity contribution is 4.69. The highest BCUT2D eigenvalue weighted by Crippen LogP contribution is 2.14. The van der Waals surface area contributed by atoms with E-state index in [1.807, 2.05) is 0 Å². The molecule has 0 saturated heterocycles. The summed E-state index contributed by atoms with van der Waals surface area (Å²) < 4.78 is 0. The van der Waals surface area contributed by atoms with Crippen LogP contribution in [0.3, 0.4) is 0 Å². The smallest absolute Gasteiger partial charge is 0.00870 e. The number of nitrogens with one attached hydrogen (secondary N) is 1. The molecule has 74 valence electrons. The maximum Gasteiger partial charge on any atom is 0.00870 e. The average molecular weight is 171 g/mol. The summed E-state index contributed by atoms with van der Waals surface area (Å²) in [7, 11) is 2.07. The summed E-state index contributed by atoms with van der Waals surface area (Å²) in [6.07, 6.45) is 6.76. The van der Waals surface area contributed by atoms with Crippen LogP contribution >= 0.6 is 0 Å². The van der Waals surface area contributed by atoms with E-state index in [2.05, 4.69) is 33.1 Å². The molecule has 0 radical (unpaired) electrons. The largest absolute Gasteiger partial charge is 0.317 e. The monoisotopic (exact) mass is 171 g/mol. The van der Waals surface area contributed by atoms with E-state index >= 15 is 0 Å².